The van der Waals surface area contributed by atoms with Gasteiger partial charge in [0.1, 0.15) is 5.75 Å². The number of hydrogen-bond acceptors (Lipinski definition) is 6. The van der Waals surface area contributed by atoms with Gasteiger partial charge in [0.05, 0.1) is 17.0 Å². The quantitative estimate of drug-likeness (QED) is 0.764. The molecule has 2 heterocycles. The molecular weight excluding hydrogens is 310 g/mol. The van der Waals surface area contributed by atoms with Crippen molar-refractivity contribution < 1.29 is 13.2 Å². The van der Waals surface area contributed by atoms with Gasteiger partial charge in [-0.3, -0.25) is 9.69 Å². The van der Waals surface area contributed by atoms with Crippen molar-refractivity contribution in [3.63, 3.8) is 0 Å². The molecule has 0 unspecified atom stereocenters. The van der Waals surface area contributed by atoms with Crippen molar-refractivity contribution in [1.29, 1.82) is 0 Å². The Kier molecular flexibility index (Phi) is 5.72. The first-order chi connectivity index (χ1) is 10.00. The number of rotatable bonds is 6. The number of thiazole rings is 1. The van der Waals surface area contributed by atoms with Crippen LogP contribution in [-0.2, 0) is 21.2 Å². The van der Waals surface area contributed by atoms with Crippen LogP contribution in [-0.4, -0.2) is 66.8 Å². The first-order valence-corrected chi connectivity index (χ1v) is 9.84. The van der Waals surface area contributed by atoms with Crippen molar-refractivity contribution in [3.05, 3.63) is 16.6 Å². The Morgan fingerprint density at radius 2 is 2.05 bits per heavy atom. The Bertz CT molecular complexity index is 549. The number of nitrogens with zero attached hydrogens (tertiary/aromatic N) is 3. The molecule has 0 atom stereocenters. The summed E-state index contributed by atoms with van der Waals surface area (Å²) in [6.07, 6.45) is 0.553. The second-order valence-electron chi connectivity index (χ2n) is 5.23. The van der Waals surface area contributed by atoms with Crippen molar-refractivity contribution in [3.8, 4) is 0 Å². The summed E-state index contributed by atoms with van der Waals surface area (Å²) in [6.45, 7) is 5.29. The Hall–Kier alpha value is -0.990. The fourth-order valence-corrected chi connectivity index (χ4v) is 4.24. The molecule has 0 spiro atoms. The monoisotopic (exact) mass is 331 g/mol. The maximum Gasteiger partial charge on any atom is 0.237 e. The van der Waals surface area contributed by atoms with Crippen LogP contribution in [0, 0.1) is 0 Å². The highest BCUT2D eigenvalue weighted by atomic mass is 32.2. The summed E-state index contributed by atoms with van der Waals surface area (Å²) >= 11 is 1.58. The third kappa shape index (κ3) is 5.05. The zero-order valence-electron chi connectivity index (χ0n) is 12.2. The maximum absolute atomic E-state index is 12.0. The number of carbonyl (C=O) groups excluding carboxylic acids is 1. The molecule has 0 N–H and O–H groups in total. The summed E-state index contributed by atoms with van der Waals surface area (Å²) in [4.78, 5) is 20.2. The lowest BCUT2D eigenvalue weighted by Crippen LogP contribution is -2.49. The molecule has 1 saturated heterocycles. The van der Waals surface area contributed by atoms with Crippen LogP contribution < -0.4 is 0 Å². The van der Waals surface area contributed by atoms with Crippen LogP contribution in [0.1, 0.15) is 19.0 Å². The second kappa shape index (κ2) is 7.33. The number of amides is 1. The number of piperazine rings is 1. The summed E-state index contributed by atoms with van der Waals surface area (Å²) < 4.78 is 23.4. The molecule has 21 heavy (non-hydrogen) atoms. The molecule has 0 aromatic carbocycles. The van der Waals surface area contributed by atoms with Crippen molar-refractivity contribution in [1.82, 2.24) is 14.8 Å². The minimum atomic E-state index is -3.25. The molecule has 0 aliphatic carbocycles. The van der Waals surface area contributed by atoms with Gasteiger partial charge in [0, 0.05) is 38.1 Å². The van der Waals surface area contributed by atoms with Crippen LogP contribution in [0.2, 0.25) is 0 Å². The first kappa shape index (κ1) is 16.4. The summed E-state index contributed by atoms with van der Waals surface area (Å²) in [5, 5.41) is 2.02. The third-order valence-electron chi connectivity index (χ3n) is 3.45. The number of carbonyl (C=O) groups is 1. The minimum absolute atomic E-state index is 0.0858. The molecule has 0 saturated carbocycles. The van der Waals surface area contributed by atoms with Crippen molar-refractivity contribution in [2.75, 3.05) is 37.7 Å². The summed E-state index contributed by atoms with van der Waals surface area (Å²) in [6, 6.07) is 0. The summed E-state index contributed by atoms with van der Waals surface area (Å²) in [5.41, 5.74) is 2.86. The molecule has 0 bridgehead atoms. The van der Waals surface area contributed by atoms with E-state index in [9.17, 15) is 13.2 Å². The van der Waals surface area contributed by atoms with Gasteiger partial charge < -0.3 is 4.90 Å². The van der Waals surface area contributed by atoms with E-state index in [1.807, 2.05) is 10.9 Å². The smallest absolute Gasteiger partial charge is 0.237 e. The lowest BCUT2D eigenvalue weighted by molar-refractivity contribution is -0.130. The second-order valence-corrected chi connectivity index (χ2v) is 8.13. The molecule has 8 heteroatoms. The van der Waals surface area contributed by atoms with E-state index in [-0.39, 0.29) is 17.4 Å². The normalized spacial score (nSPS) is 17.1. The van der Waals surface area contributed by atoms with Gasteiger partial charge in [-0.25, -0.2) is 13.4 Å². The average molecular weight is 331 g/mol. The molecule has 1 aliphatic rings. The Balaban J connectivity index is 1.79. The maximum atomic E-state index is 12.0. The molecule has 1 fully saturated rings. The van der Waals surface area contributed by atoms with E-state index in [4.69, 9.17) is 0 Å². The minimum Gasteiger partial charge on any atom is -0.339 e. The highest BCUT2D eigenvalue weighted by Gasteiger charge is 2.25. The van der Waals surface area contributed by atoms with Gasteiger partial charge in [0.25, 0.3) is 0 Å². The van der Waals surface area contributed by atoms with Gasteiger partial charge >= 0.3 is 0 Å². The Labute approximate surface area is 129 Å². The van der Waals surface area contributed by atoms with Gasteiger partial charge in [-0.1, -0.05) is 6.92 Å². The van der Waals surface area contributed by atoms with Crippen molar-refractivity contribution >= 4 is 27.1 Å². The van der Waals surface area contributed by atoms with Gasteiger partial charge in [0.15, 0.2) is 9.84 Å². The molecule has 6 nitrogen and oxygen atoms in total. The van der Waals surface area contributed by atoms with E-state index >= 15 is 0 Å². The van der Waals surface area contributed by atoms with E-state index in [0.717, 1.165) is 25.3 Å². The zero-order valence-corrected chi connectivity index (χ0v) is 13.8. The van der Waals surface area contributed by atoms with Crippen molar-refractivity contribution in [2.24, 2.45) is 0 Å². The van der Waals surface area contributed by atoms with E-state index in [2.05, 4.69) is 9.88 Å². The lowest BCUT2D eigenvalue weighted by Gasteiger charge is -2.34. The largest absolute Gasteiger partial charge is 0.339 e. The standard InChI is InChI=1S/C13H21N3O3S2/c1-2-7-21(18,19)10-13(17)16-5-3-15(4-6-16)8-12-9-20-11-14-12/h9,11H,2-8,10H2,1H3. The molecule has 2 rings (SSSR count). The van der Waals surface area contributed by atoms with E-state index in [0.29, 0.717) is 19.5 Å². The van der Waals surface area contributed by atoms with Crippen molar-refractivity contribution in [2.45, 2.75) is 19.9 Å². The van der Waals surface area contributed by atoms with Crippen LogP contribution in [0.3, 0.4) is 0 Å². The summed E-state index contributed by atoms with van der Waals surface area (Å²) in [5.74, 6) is -0.535. The lowest BCUT2D eigenvalue weighted by atomic mass is 10.3. The van der Waals surface area contributed by atoms with E-state index in [1.165, 1.54) is 0 Å². The van der Waals surface area contributed by atoms with Crippen LogP contribution in [0.25, 0.3) is 0 Å². The zero-order chi connectivity index (χ0) is 15.3. The SMILES string of the molecule is CCCS(=O)(=O)CC(=O)N1CCN(Cc2cscn2)CC1. The van der Waals surface area contributed by atoms with Gasteiger partial charge in [0.2, 0.25) is 5.91 Å². The fourth-order valence-electron chi connectivity index (χ4n) is 2.36. The van der Waals surface area contributed by atoms with Gasteiger partial charge in [-0.05, 0) is 6.42 Å². The molecular formula is C13H21N3O3S2. The van der Waals surface area contributed by atoms with Crippen LogP contribution in [0.5, 0.6) is 0 Å². The number of sulfone groups is 1. The summed E-state index contributed by atoms with van der Waals surface area (Å²) in [7, 11) is -3.25. The first-order valence-electron chi connectivity index (χ1n) is 7.08. The van der Waals surface area contributed by atoms with Gasteiger partial charge in [-0.15, -0.1) is 11.3 Å². The molecule has 0 radical (unpaired) electrons. The Morgan fingerprint density at radius 3 is 2.62 bits per heavy atom. The van der Waals surface area contributed by atoms with E-state index in [1.54, 1.807) is 23.2 Å². The number of hydrogen-bond donors (Lipinski definition) is 0. The number of aromatic nitrogens is 1. The van der Waals surface area contributed by atoms with Crippen LogP contribution in [0.15, 0.2) is 10.9 Å². The van der Waals surface area contributed by atoms with E-state index < -0.39 is 9.84 Å². The Morgan fingerprint density at radius 1 is 1.33 bits per heavy atom. The molecule has 118 valence electrons. The fraction of sp³-hybridized carbons (Fsp3) is 0.692. The third-order valence-corrected chi connectivity index (χ3v) is 5.80. The molecule has 1 aliphatic heterocycles. The molecule has 1 aromatic rings. The van der Waals surface area contributed by atoms with Gasteiger partial charge in [-0.2, -0.15) is 0 Å². The highest BCUT2D eigenvalue weighted by molar-refractivity contribution is 7.92. The molecule has 1 amide bonds. The molecule has 1 aromatic heterocycles. The van der Waals surface area contributed by atoms with Crippen LogP contribution >= 0.6 is 11.3 Å². The highest BCUT2D eigenvalue weighted by Crippen LogP contribution is 2.09. The van der Waals surface area contributed by atoms with Crippen LogP contribution in [0.4, 0.5) is 0 Å². The predicted octanol–water partition coefficient (Wildman–Crippen LogP) is 0.612. The topological polar surface area (TPSA) is 70.6 Å². The predicted molar refractivity (Wildman–Crippen MR) is 82.9 cm³/mol. The average Bonchev–Trinajstić information content (AvgIpc) is 2.91.